The third kappa shape index (κ3) is 5.84. The molecule has 0 atom stereocenters. The number of para-hydroxylation sites is 1. The third-order valence-electron chi connectivity index (χ3n) is 4.53. The van der Waals surface area contributed by atoms with E-state index in [9.17, 15) is 0 Å². The van der Waals surface area contributed by atoms with Crippen molar-refractivity contribution in [2.75, 3.05) is 6.61 Å². The summed E-state index contributed by atoms with van der Waals surface area (Å²) in [5.41, 5.74) is 2.73. The lowest BCUT2D eigenvalue weighted by Gasteiger charge is -2.02. The average molecular weight is 301 g/mol. The molecule has 2 rings (SSSR count). The second kappa shape index (κ2) is 10.4. The van der Waals surface area contributed by atoms with Crippen LogP contribution in [0.2, 0.25) is 0 Å². The number of aliphatic hydroxyl groups excluding tert-OH is 1. The molecule has 0 unspecified atom stereocenters. The highest BCUT2D eigenvalue weighted by Gasteiger charge is 2.02. The molecular formula is C20H31NO. The number of benzene rings is 1. The topological polar surface area (TPSA) is 36.0 Å². The summed E-state index contributed by atoms with van der Waals surface area (Å²) < 4.78 is 0. The first-order valence-corrected chi connectivity index (χ1v) is 9.07. The van der Waals surface area contributed by atoms with Crippen LogP contribution in [0.5, 0.6) is 0 Å². The van der Waals surface area contributed by atoms with Crippen molar-refractivity contribution >= 4 is 10.9 Å². The lowest BCUT2D eigenvalue weighted by Crippen LogP contribution is -1.86. The van der Waals surface area contributed by atoms with Gasteiger partial charge in [0.2, 0.25) is 0 Å². The highest BCUT2D eigenvalue weighted by Crippen LogP contribution is 2.20. The van der Waals surface area contributed by atoms with Gasteiger partial charge >= 0.3 is 0 Å². The molecule has 0 aliphatic carbocycles. The van der Waals surface area contributed by atoms with Crippen molar-refractivity contribution in [2.45, 2.75) is 70.6 Å². The van der Waals surface area contributed by atoms with Crippen LogP contribution in [0.25, 0.3) is 10.9 Å². The Balaban J connectivity index is 1.48. The van der Waals surface area contributed by atoms with Gasteiger partial charge in [-0.05, 0) is 30.9 Å². The average Bonchev–Trinajstić information content (AvgIpc) is 2.96. The first kappa shape index (κ1) is 17.1. The minimum atomic E-state index is 0.358. The number of hydrogen-bond donors (Lipinski definition) is 2. The van der Waals surface area contributed by atoms with Gasteiger partial charge in [0.1, 0.15) is 0 Å². The number of hydrogen-bond acceptors (Lipinski definition) is 1. The van der Waals surface area contributed by atoms with Crippen LogP contribution >= 0.6 is 0 Å². The third-order valence-corrected chi connectivity index (χ3v) is 4.53. The number of aromatic amines is 1. The van der Waals surface area contributed by atoms with Crippen molar-refractivity contribution in [2.24, 2.45) is 0 Å². The van der Waals surface area contributed by atoms with Crippen LogP contribution in [0.4, 0.5) is 0 Å². The van der Waals surface area contributed by atoms with E-state index in [0.717, 1.165) is 6.42 Å². The monoisotopic (exact) mass is 301 g/mol. The molecule has 0 fully saturated rings. The second-order valence-electron chi connectivity index (χ2n) is 6.37. The first-order chi connectivity index (χ1) is 10.9. The van der Waals surface area contributed by atoms with E-state index in [1.807, 2.05) is 0 Å². The molecule has 122 valence electrons. The molecule has 0 spiro atoms. The second-order valence-corrected chi connectivity index (χ2v) is 6.37. The van der Waals surface area contributed by atoms with Crippen LogP contribution in [0.3, 0.4) is 0 Å². The normalized spacial score (nSPS) is 11.3. The SMILES string of the molecule is OCCCCCCCCCCCCc1c[nH]c2ccccc12. The van der Waals surface area contributed by atoms with Crippen molar-refractivity contribution in [1.82, 2.24) is 4.98 Å². The number of aromatic nitrogens is 1. The highest BCUT2D eigenvalue weighted by atomic mass is 16.2. The molecule has 2 aromatic rings. The van der Waals surface area contributed by atoms with E-state index >= 15 is 0 Å². The van der Waals surface area contributed by atoms with E-state index in [1.54, 1.807) is 0 Å². The quantitative estimate of drug-likeness (QED) is 0.491. The number of rotatable bonds is 12. The van der Waals surface area contributed by atoms with Crippen LogP contribution < -0.4 is 0 Å². The molecule has 1 heterocycles. The molecular weight excluding hydrogens is 270 g/mol. The predicted octanol–water partition coefficient (Wildman–Crippen LogP) is 5.60. The Hall–Kier alpha value is -1.28. The fraction of sp³-hybridized carbons (Fsp3) is 0.600. The molecule has 0 saturated heterocycles. The minimum absolute atomic E-state index is 0.358. The number of aryl methyl sites for hydroxylation is 1. The molecule has 2 N–H and O–H groups in total. The number of unbranched alkanes of at least 4 members (excludes halogenated alkanes) is 9. The van der Waals surface area contributed by atoms with Gasteiger partial charge in [0, 0.05) is 23.7 Å². The first-order valence-electron chi connectivity index (χ1n) is 9.07. The highest BCUT2D eigenvalue weighted by molar-refractivity contribution is 5.82. The molecule has 1 aromatic carbocycles. The zero-order valence-electron chi connectivity index (χ0n) is 13.8. The molecule has 22 heavy (non-hydrogen) atoms. The Morgan fingerprint density at radius 3 is 2.00 bits per heavy atom. The summed E-state index contributed by atoms with van der Waals surface area (Å²) in [5.74, 6) is 0. The van der Waals surface area contributed by atoms with E-state index in [1.165, 1.54) is 80.7 Å². The summed E-state index contributed by atoms with van der Waals surface area (Å²) in [5, 5.41) is 10.1. The summed E-state index contributed by atoms with van der Waals surface area (Å²) in [4.78, 5) is 3.36. The van der Waals surface area contributed by atoms with E-state index in [-0.39, 0.29) is 0 Å². The van der Waals surface area contributed by atoms with Crippen molar-refractivity contribution in [3.05, 3.63) is 36.0 Å². The van der Waals surface area contributed by atoms with Crippen LogP contribution in [0.1, 0.15) is 69.8 Å². The zero-order chi connectivity index (χ0) is 15.5. The van der Waals surface area contributed by atoms with Crippen molar-refractivity contribution < 1.29 is 5.11 Å². The van der Waals surface area contributed by atoms with Gasteiger partial charge in [-0.2, -0.15) is 0 Å². The fourth-order valence-corrected chi connectivity index (χ4v) is 3.18. The van der Waals surface area contributed by atoms with Gasteiger partial charge in [-0.1, -0.05) is 69.6 Å². The Morgan fingerprint density at radius 2 is 1.32 bits per heavy atom. The van der Waals surface area contributed by atoms with Crippen molar-refractivity contribution in [1.29, 1.82) is 0 Å². The molecule has 0 radical (unpaired) electrons. The van der Waals surface area contributed by atoms with Crippen LogP contribution in [-0.4, -0.2) is 16.7 Å². The van der Waals surface area contributed by atoms with Gasteiger partial charge in [0.25, 0.3) is 0 Å². The largest absolute Gasteiger partial charge is 0.396 e. The maximum atomic E-state index is 8.71. The van der Waals surface area contributed by atoms with Crippen molar-refractivity contribution in [3.63, 3.8) is 0 Å². The summed E-state index contributed by atoms with van der Waals surface area (Å²) >= 11 is 0. The van der Waals surface area contributed by atoms with E-state index < -0.39 is 0 Å². The van der Waals surface area contributed by atoms with Gasteiger partial charge in [-0.15, -0.1) is 0 Å². The molecule has 2 heteroatoms. The Morgan fingerprint density at radius 1 is 0.727 bits per heavy atom. The van der Waals surface area contributed by atoms with Gasteiger partial charge in [-0.25, -0.2) is 0 Å². The number of aliphatic hydroxyl groups is 1. The number of nitrogens with one attached hydrogen (secondary N) is 1. The minimum Gasteiger partial charge on any atom is -0.396 e. The molecule has 0 saturated carbocycles. The summed E-state index contributed by atoms with van der Waals surface area (Å²) in [7, 11) is 0. The molecule has 1 aromatic heterocycles. The van der Waals surface area contributed by atoms with Crippen molar-refractivity contribution in [3.8, 4) is 0 Å². The Kier molecular flexibility index (Phi) is 8.11. The molecule has 0 aliphatic rings. The maximum absolute atomic E-state index is 8.71. The van der Waals surface area contributed by atoms with E-state index in [0.29, 0.717) is 6.61 Å². The lowest BCUT2D eigenvalue weighted by atomic mass is 10.0. The summed E-state index contributed by atoms with van der Waals surface area (Å²) in [6.07, 6.45) is 16.4. The molecule has 0 bridgehead atoms. The standard InChI is InChI=1S/C20H31NO/c22-16-12-8-6-4-2-1-3-5-7-9-13-18-17-21-20-15-11-10-14-19(18)20/h10-11,14-15,17,21-22H,1-9,12-13,16H2. The fourth-order valence-electron chi connectivity index (χ4n) is 3.18. The van der Waals surface area contributed by atoms with E-state index in [4.69, 9.17) is 5.11 Å². The smallest absolute Gasteiger partial charge is 0.0456 e. The van der Waals surface area contributed by atoms with Gasteiger partial charge in [0.05, 0.1) is 0 Å². The van der Waals surface area contributed by atoms with Crippen LogP contribution in [0.15, 0.2) is 30.5 Å². The predicted molar refractivity (Wildman–Crippen MR) is 95.3 cm³/mol. The molecule has 0 aliphatic heterocycles. The van der Waals surface area contributed by atoms with Crippen LogP contribution in [-0.2, 0) is 6.42 Å². The maximum Gasteiger partial charge on any atom is 0.0456 e. The van der Waals surface area contributed by atoms with E-state index in [2.05, 4.69) is 35.4 Å². The number of H-pyrrole nitrogens is 1. The number of fused-ring (bicyclic) bond motifs is 1. The molecule has 0 amide bonds. The summed E-state index contributed by atoms with van der Waals surface area (Å²) in [6.45, 7) is 0.358. The zero-order valence-corrected chi connectivity index (χ0v) is 13.8. The van der Waals surface area contributed by atoms with Crippen LogP contribution in [0, 0.1) is 0 Å². The lowest BCUT2D eigenvalue weighted by molar-refractivity contribution is 0.282. The Bertz CT molecular complexity index is 517. The van der Waals surface area contributed by atoms with Gasteiger partial charge in [-0.3, -0.25) is 0 Å². The molecule has 2 nitrogen and oxygen atoms in total. The summed E-state index contributed by atoms with van der Waals surface area (Å²) in [6, 6.07) is 8.59. The van der Waals surface area contributed by atoms with Gasteiger partial charge in [0.15, 0.2) is 0 Å². The van der Waals surface area contributed by atoms with Gasteiger partial charge < -0.3 is 10.1 Å². The Labute approximate surface area is 134 Å².